The van der Waals surface area contributed by atoms with Crippen molar-refractivity contribution < 1.29 is 0 Å². The lowest BCUT2D eigenvalue weighted by Gasteiger charge is -2.47. The summed E-state index contributed by atoms with van der Waals surface area (Å²) in [4.78, 5) is 2.61. The van der Waals surface area contributed by atoms with Crippen LogP contribution < -0.4 is 5.32 Å². The quantitative estimate of drug-likeness (QED) is 0.718. The first-order chi connectivity index (χ1) is 10.1. The van der Waals surface area contributed by atoms with Crippen LogP contribution in [0.5, 0.6) is 0 Å². The molecule has 0 aliphatic rings. The highest BCUT2D eigenvalue weighted by Gasteiger charge is 2.41. The Balaban J connectivity index is 3.22. The van der Waals surface area contributed by atoms with Crippen LogP contribution in [0.4, 0.5) is 0 Å². The van der Waals surface area contributed by atoms with E-state index in [1.54, 1.807) is 0 Å². The van der Waals surface area contributed by atoms with Gasteiger partial charge in [-0.2, -0.15) is 5.10 Å². The molecular formula is C17H34N4. The lowest BCUT2D eigenvalue weighted by atomic mass is 9.80. The fraction of sp³-hybridized carbons (Fsp3) is 0.824. The molecule has 122 valence electrons. The molecule has 1 aromatic heterocycles. The van der Waals surface area contributed by atoms with Gasteiger partial charge in [0.05, 0.1) is 11.7 Å². The van der Waals surface area contributed by atoms with E-state index in [1.807, 2.05) is 17.9 Å². The molecule has 0 spiro atoms. The Labute approximate surface area is 130 Å². The molecule has 0 saturated carbocycles. The fourth-order valence-corrected chi connectivity index (χ4v) is 3.59. The molecule has 0 saturated heterocycles. The normalized spacial score (nSPS) is 13.9. The van der Waals surface area contributed by atoms with Gasteiger partial charge in [-0.3, -0.25) is 9.58 Å². The van der Waals surface area contributed by atoms with Gasteiger partial charge >= 0.3 is 0 Å². The van der Waals surface area contributed by atoms with Gasteiger partial charge in [0.15, 0.2) is 0 Å². The van der Waals surface area contributed by atoms with E-state index in [1.165, 1.54) is 5.69 Å². The lowest BCUT2D eigenvalue weighted by molar-refractivity contribution is 0.0470. The van der Waals surface area contributed by atoms with E-state index in [0.717, 1.165) is 38.9 Å². The van der Waals surface area contributed by atoms with Crippen molar-refractivity contribution in [2.24, 2.45) is 7.05 Å². The summed E-state index contributed by atoms with van der Waals surface area (Å²) in [7, 11) is 2.00. The van der Waals surface area contributed by atoms with E-state index in [2.05, 4.69) is 50.9 Å². The molecule has 21 heavy (non-hydrogen) atoms. The van der Waals surface area contributed by atoms with Gasteiger partial charge in [-0.1, -0.05) is 34.6 Å². The number of nitrogens with one attached hydrogen (secondary N) is 1. The van der Waals surface area contributed by atoms with E-state index in [4.69, 9.17) is 5.10 Å². The van der Waals surface area contributed by atoms with Gasteiger partial charge in [-0.25, -0.2) is 0 Å². The highest BCUT2D eigenvalue weighted by atomic mass is 15.3. The van der Waals surface area contributed by atoms with Crippen LogP contribution in [0.15, 0.2) is 12.3 Å². The summed E-state index contributed by atoms with van der Waals surface area (Å²) in [6.45, 7) is 14.6. The fourth-order valence-electron chi connectivity index (χ4n) is 3.59. The summed E-state index contributed by atoms with van der Waals surface area (Å²) >= 11 is 0. The maximum atomic E-state index is 4.70. The summed E-state index contributed by atoms with van der Waals surface area (Å²) in [6, 6.07) is 2.45. The Morgan fingerprint density at radius 3 is 2.19 bits per heavy atom. The van der Waals surface area contributed by atoms with Crippen molar-refractivity contribution in [2.75, 3.05) is 19.6 Å². The molecule has 0 aliphatic carbocycles. The summed E-state index contributed by atoms with van der Waals surface area (Å²) in [6.07, 6.45) is 5.45. The van der Waals surface area contributed by atoms with Crippen molar-refractivity contribution >= 4 is 0 Å². The van der Waals surface area contributed by atoms with Crippen LogP contribution in [0.25, 0.3) is 0 Å². The molecule has 0 aliphatic heterocycles. The third-order valence-corrected chi connectivity index (χ3v) is 4.78. The zero-order chi connectivity index (χ0) is 15.9. The molecule has 0 fully saturated rings. The highest BCUT2D eigenvalue weighted by molar-refractivity contribution is 5.14. The van der Waals surface area contributed by atoms with Gasteiger partial charge in [-0.05, 0) is 45.0 Å². The largest absolute Gasteiger partial charge is 0.307 e. The van der Waals surface area contributed by atoms with Gasteiger partial charge in [0.25, 0.3) is 0 Å². The second-order valence-electron chi connectivity index (χ2n) is 5.78. The second-order valence-corrected chi connectivity index (χ2v) is 5.78. The SMILES string of the molecule is CCCNC(c1ccn(C)n1)C(CC)(CC)N(CC)CC. The molecular weight excluding hydrogens is 260 g/mol. The Hall–Kier alpha value is -0.870. The minimum atomic E-state index is 0.132. The molecule has 1 unspecified atom stereocenters. The van der Waals surface area contributed by atoms with E-state index in [9.17, 15) is 0 Å². The second kappa shape index (κ2) is 8.54. The number of aromatic nitrogens is 2. The zero-order valence-corrected chi connectivity index (χ0v) is 14.8. The van der Waals surface area contributed by atoms with Crippen LogP contribution in [-0.2, 0) is 7.05 Å². The number of nitrogens with zero attached hydrogens (tertiary/aromatic N) is 3. The van der Waals surface area contributed by atoms with Crippen LogP contribution >= 0.6 is 0 Å². The minimum Gasteiger partial charge on any atom is -0.307 e. The maximum Gasteiger partial charge on any atom is 0.0812 e. The summed E-state index contributed by atoms with van der Waals surface area (Å²) < 4.78 is 1.91. The van der Waals surface area contributed by atoms with Crippen molar-refractivity contribution in [3.8, 4) is 0 Å². The Bertz CT molecular complexity index is 391. The molecule has 1 heterocycles. The molecule has 1 N–H and O–H groups in total. The molecule has 1 atom stereocenters. The number of hydrogen-bond acceptors (Lipinski definition) is 3. The molecule has 1 aromatic rings. The smallest absolute Gasteiger partial charge is 0.0812 e. The van der Waals surface area contributed by atoms with Crippen molar-refractivity contribution in [1.82, 2.24) is 20.0 Å². The number of aryl methyl sites for hydroxylation is 1. The maximum absolute atomic E-state index is 4.70. The first-order valence-electron chi connectivity index (χ1n) is 8.57. The van der Waals surface area contributed by atoms with Crippen LogP contribution in [0, 0.1) is 0 Å². The third-order valence-electron chi connectivity index (χ3n) is 4.78. The molecule has 0 radical (unpaired) electrons. The number of hydrogen-bond donors (Lipinski definition) is 1. The predicted molar refractivity (Wildman–Crippen MR) is 90.5 cm³/mol. The Morgan fingerprint density at radius 2 is 1.81 bits per heavy atom. The number of likely N-dealkylation sites (N-methyl/N-ethyl adjacent to an activating group) is 1. The van der Waals surface area contributed by atoms with Crippen LogP contribution in [0.2, 0.25) is 0 Å². The van der Waals surface area contributed by atoms with Crippen LogP contribution in [0.3, 0.4) is 0 Å². The summed E-state index contributed by atoms with van der Waals surface area (Å²) in [5.74, 6) is 0. The van der Waals surface area contributed by atoms with Gasteiger partial charge in [0.1, 0.15) is 0 Å². The molecule has 0 bridgehead atoms. The first kappa shape index (κ1) is 18.2. The average Bonchev–Trinajstić information content (AvgIpc) is 2.93. The van der Waals surface area contributed by atoms with Crippen molar-refractivity contribution in [3.05, 3.63) is 18.0 Å². The predicted octanol–water partition coefficient (Wildman–Crippen LogP) is 3.36. The molecule has 1 rings (SSSR count). The molecule has 4 nitrogen and oxygen atoms in total. The monoisotopic (exact) mass is 294 g/mol. The van der Waals surface area contributed by atoms with E-state index in [-0.39, 0.29) is 11.6 Å². The van der Waals surface area contributed by atoms with Crippen LogP contribution in [0.1, 0.15) is 65.6 Å². The van der Waals surface area contributed by atoms with E-state index >= 15 is 0 Å². The lowest BCUT2D eigenvalue weighted by Crippen LogP contribution is -2.56. The summed E-state index contributed by atoms with van der Waals surface area (Å²) in [5.41, 5.74) is 1.30. The topological polar surface area (TPSA) is 33.1 Å². The van der Waals surface area contributed by atoms with Gasteiger partial charge in [-0.15, -0.1) is 0 Å². The third kappa shape index (κ3) is 3.86. The number of rotatable bonds is 10. The van der Waals surface area contributed by atoms with Crippen molar-refractivity contribution in [1.29, 1.82) is 0 Å². The molecule has 0 amide bonds. The van der Waals surface area contributed by atoms with E-state index < -0.39 is 0 Å². The molecule has 0 aromatic carbocycles. The standard InChI is InChI=1S/C17H34N4/c1-7-13-18-16(15-12-14-20(6)19-15)17(8-2,9-3)21(10-4)11-5/h12,14,16,18H,7-11,13H2,1-6H3. The van der Waals surface area contributed by atoms with Gasteiger partial charge in [0, 0.05) is 18.8 Å². The molecule has 4 heteroatoms. The van der Waals surface area contributed by atoms with E-state index in [0.29, 0.717) is 0 Å². The summed E-state index contributed by atoms with van der Waals surface area (Å²) in [5, 5.41) is 8.48. The van der Waals surface area contributed by atoms with Gasteiger partial charge < -0.3 is 5.32 Å². The highest BCUT2D eigenvalue weighted by Crippen LogP contribution is 2.36. The first-order valence-corrected chi connectivity index (χ1v) is 8.57. The Kier molecular flexibility index (Phi) is 7.40. The zero-order valence-electron chi connectivity index (χ0n) is 14.8. The van der Waals surface area contributed by atoms with Crippen molar-refractivity contribution in [2.45, 2.75) is 65.5 Å². The van der Waals surface area contributed by atoms with Crippen molar-refractivity contribution in [3.63, 3.8) is 0 Å². The average molecular weight is 294 g/mol. The van der Waals surface area contributed by atoms with Gasteiger partial charge in [0.2, 0.25) is 0 Å². The Morgan fingerprint density at radius 1 is 1.19 bits per heavy atom. The minimum absolute atomic E-state index is 0.132. The van der Waals surface area contributed by atoms with Crippen LogP contribution in [-0.4, -0.2) is 39.9 Å².